The van der Waals surface area contributed by atoms with Gasteiger partial charge in [-0.2, -0.15) is 0 Å². The van der Waals surface area contributed by atoms with Crippen molar-refractivity contribution in [3.63, 3.8) is 0 Å². The molecule has 3 unspecified atom stereocenters. The maximum Gasteiger partial charge on any atom is 0.0938 e. The molecule has 5 nitrogen and oxygen atoms in total. The maximum absolute atomic E-state index is 9.66. The highest BCUT2D eigenvalue weighted by Gasteiger charge is 2.38. The first-order valence-electron chi connectivity index (χ1n) is 7.40. The molecule has 0 bridgehead atoms. The van der Waals surface area contributed by atoms with E-state index in [2.05, 4.69) is 24.1 Å². The molecule has 3 N–H and O–H groups in total. The van der Waals surface area contributed by atoms with E-state index in [4.69, 9.17) is 4.74 Å². The van der Waals surface area contributed by atoms with Gasteiger partial charge in [0.25, 0.3) is 0 Å². The summed E-state index contributed by atoms with van der Waals surface area (Å²) in [5.74, 6) is 0. The number of nitrogens with one attached hydrogen (secondary N) is 1. The minimum atomic E-state index is -0.598. The van der Waals surface area contributed by atoms with Crippen molar-refractivity contribution in [3.8, 4) is 0 Å². The summed E-state index contributed by atoms with van der Waals surface area (Å²) in [6.07, 6.45) is 1.05. The Hall–Kier alpha value is -0.200. The molecule has 112 valence electrons. The van der Waals surface area contributed by atoms with Crippen LogP contribution in [0, 0.1) is 5.41 Å². The number of likely N-dealkylation sites (tertiary alicyclic amines) is 1. The van der Waals surface area contributed by atoms with Crippen molar-refractivity contribution in [2.75, 3.05) is 39.4 Å². The number of hydrogen-bond donors (Lipinski definition) is 3. The molecule has 0 aromatic carbocycles. The molecule has 5 heteroatoms. The predicted molar refractivity (Wildman–Crippen MR) is 74.1 cm³/mol. The molecule has 2 aliphatic heterocycles. The normalized spacial score (nSPS) is 37.1. The van der Waals surface area contributed by atoms with E-state index in [1.54, 1.807) is 0 Å². The van der Waals surface area contributed by atoms with E-state index in [9.17, 15) is 10.2 Å². The molecule has 2 aliphatic rings. The van der Waals surface area contributed by atoms with Crippen LogP contribution in [0.15, 0.2) is 0 Å². The number of rotatable bonds is 5. The molecule has 2 fully saturated rings. The lowest BCUT2D eigenvalue weighted by Crippen LogP contribution is -2.50. The van der Waals surface area contributed by atoms with Crippen LogP contribution in [-0.4, -0.2) is 72.8 Å². The van der Waals surface area contributed by atoms with Gasteiger partial charge in [-0.05, 0) is 12.8 Å². The molecule has 2 rings (SSSR count). The second kappa shape index (κ2) is 6.50. The van der Waals surface area contributed by atoms with Crippen LogP contribution in [0.4, 0.5) is 0 Å². The SMILES string of the molecule is CC(C)NCC1(CN2CC(O)C(O)C2)CCCOC1. The highest BCUT2D eigenvalue weighted by Crippen LogP contribution is 2.30. The third-order valence-corrected chi connectivity index (χ3v) is 4.18. The predicted octanol–water partition coefficient (Wildman–Crippen LogP) is -0.181. The molecule has 0 aromatic rings. The first kappa shape index (κ1) is 15.2. The largest absolute Gasteiger partial charge is 0.389 e. The Bertz CT molecular complexity index is 270. The fourth-order valence-electron chi connectivity index (χ4n) is 3.10. The second-order valence-electron chi connectivity index (χ2n) is 6.52. The van der Waals surface area contributed by atoms with E-state index in [0.717, 1.165) is 39.1 Å². The Kier molecular flexibility index (Phi) is 5.20. The minimum Gasteiger partial charge on any atom is -0.389 e. The average Bonchev–Trinajstić information content (AvgIpc) is 2.67. The van der Waals surface area contributed by atoms with Crippen molar-refractivity contribution >= 4 is 0 Å². The third kappa shape index (κ3) is 4.13. The van der Waals surface area contributed by atoms with Gasteiger partial charge in [0, 0.05) is 44.2 Å². The zero-order valence-electron chi connectivity index (χ0n) is 12.1. The molecule has 19 heavy (non-hydrogen) atoms. The molecule has 0 spiro atoms. The fourth-order valence-corrected chi connectivity index (χ4v) is 3.10. The molecular weight excluding hydrogens is 244 g/mol. The Morgan fingerprint density at radius 1 is 1.32 bits per heavy atom. The first-order valence-corrected chi connectivity index (χ1v) is 7.40. The van der Waals surface area contributed by atoms with Crippen LogP contribution < -0.4 is 5.32 Å². The first-order chi connectivity index (χ1) is 9.01. The van der Waals surface area contributed by atoms with E-state index in [0.29, 0.717) is 19.1 Å². The average molecular weight is 272 g/mol. The monoisotopic (exact) mass is 272 g/mol. The number of ether oxygens (including phenoxy) is 1. The van der Waals surface area contributed by atoms with Crippen LogP contribution in [0.25, 0.3) is 0 Å². The van der Waals surface area contributed by atoms with Gasteiger partial charge in [0.15, 0.2) is 0 Å². The standard InChI is InChI=1S/C14H28N2O3/c1-11(2)15-8-14(4-3-5-19-10-14)9-16-6-12(17)13(18)7-16/h11-13,15,17-18H,3-10H2,1-2H3. The van der Waals surface area contributed by atoms with Gasteiger partial charge in [-0.1, -0.05) is 13.8 Å². The highest BCUT2D eigenvalue weighted by atomic mass is 16.5. The zero-order valence-corrected chi connectivity index (χ0v) is 12.1. The summed E-state index contributed by atoms with van der Waals surface area (Å²) in [5.41, 5.74) is 0.117. The maximum atomic E-state index is 9.66. The van der Waals surface area contributed by atoms with Crippen LogP contribution in [0.3, 0.4) is 0 Å². The fraction of sp³-hybridized carbons (Fsp3) is 1.00. The van der Waals surface area contributed by atoms with Crippen molar-refractivity contribution in [2.45, 2.75) is 44.9 Å². The number of hydrogen-bond acceptors (Lipinski definition) is 5. The van der Waals surface area contributed by atoms with E-state index in [1.165, 1.54) is 0 Å². The van der Waals surface area contributed by atoms with Crippen LogP contribution in [0.1, 0.15) is 26.7 Å². The van der Waals surface area contributed by atoms with E-state index < -0.39 is 12.2 Å². The van der Waals surface area contributed by atoms with Gasteiger partial charge < -0.3 is 20.3 Å². The second-order valence-corrected chi connectivity index (χ2v) is 6.52. The molecule has 2 heterocycles. The topological polar surface area (TPSA) is 65.0 Å². The third-order valence-electron chi connectivity index (χ3n) is 4.18. The Morgan fingerprint density at radius 3 is 2.53 bits per heavy atom. The van der Waals surface area contributed by atoms with Crippen LogP contribution in [0.2, 0.25) is 0 Å². The van der Waals surface area contributed by atoms with Gasteiger partial charge in [-0.25, -0.2) is 0 Å². The van der Waals surface area contributed by atoms with E-state index in [1.807, 2.05) is 0 Å². The molecule has 0 saturated carbocycles. The summed E-state index contributed by atoms with van der Waals surface area (Å²) < 4.78 is 5.69. The molecule has 3 atom stereocenters. The molecule has 0 aromatic heterocycles. The lowest BCUT2D eigenvalue weighted by Gasteiger charge is -2.40. The van der Waals surface area contributed by atoms with Gasteiger partial charge in [0.05, 0.1) is 18.8 Å². The van der Waals surface area contributed by atoms with Crippen molar-refractivity contribution in [2.24, 2.45) is 5.41 Å². The Morgan fingerprint density at radius 2 is 2.00 bits per heavy atom. The molecule has 0 radical (unpaired) electrons. The summed E-state index contributed by atoms with van der Waals surface area (Å²) in [7, 11) is 0. The molecular formula is C14H28N2O3. The summed E-state index contributed by atoms with van der Waals surface area (Å²) >= 11 is 0. The minimum absolute atomic E-state index is 0.117. The summed E-state index contributed by atoms with van der Waals surface area (Å²) in [6.45, 7) is 8.91. The molecule has 2 saturated heterocycles. The molecule has 0 aliphatic carbocycles. The summed E-state index contributed by atoms with van der Waals surface area (Å²) in [6, 6.07) is 0.466. The van der Waals surface area contributed by atoms with Crippen molar-refractivity contribution in [1.29, 1.82) is 0 Å². The van der Waals surface area contributed by atoms with Crippen molar-refractivity contribution in [3.05, 3.63) is 0 Å². The smallest absolute Gasteiger partial charge is 0.0938 e. The van der Waals surface area contributed by atoms with Crippen LogP contribution in [-0.2, 0) is 4.74 Å². The van der Waals surface area contributed by atoms with E-state index in [-0.39, 0.29) is 5.41 Å². The van der Waals surface area contributed by atoms with E-state index >= 15 is 0 Å². The Balaban J connectivity index is 1.93. The number of nitrogens with zero attached hydrogens (tertiary/aromatic N) is 1. The van der Waals surface area contributed by atoms with Crippen LogP contribution >= 0.6 is 0 Å². The van der Waals surface area contributed by atoms with Crippen molar-refractivity contribution in [1.82, 2.24) is 10.2 Å². The van der Waals surface area contributed by atoms with Crippen LogP contribution in [0.5, 0.6) is 0 Å². The zero-order chi connectivity index (χ0) is 13.9. The number of β-amino-alcohol motifs (C(OH)–C–C–N with tert-alkyl or cyclic N) is 2. The van der Waals surface area contributed by atoms with Gasteiger partial charge in [-0.15, -0.1) is 0 Å². The van der Waals surface area contributed by atoms with Gasteiger partial charge in [0.2, 0.25) is 0 Å². The number of aliphatic hydroxyl groups is 2. The van der Waals surface area contributed by atoms with Gasteiger partial charge >= 0.3 is 0 Å². The van der Waals surface area contributed by atoms with Crippen molar-refractivity contribution < 1.29 is 14.9 Å². The van der Waals surface area contributed by atoms with Gasteiger partial charge in [0.1, 0.15) is 0 Å². The quantitative estimate of drug-likeness (QED) is 0.648. The lowest BCUT2D eigenvalue weighted by molar-refractivity contribution is -0.0255. The lowest BCUT2D eigenvalue weighted by atomic mass is 9.81. The number of aliphatic hydroxyl groups excluding tert-OH is 2. The summed E-state index contributed by atoms with van der Waals surface area (Å²) in [5, 5.41) is 22.8. The Labute approximate surface area is 115 Å². The van der Waals surface area contributed by atoms with Gasteiger partial charge in [-0.3, -0.25) is 4.90 Å². The molecule has 0 amide bonds. The highest BCUT2D eigenvalue weighted by molar-refractivity contribution is 4.92. The summed E-state index contributed by atoms with van der Waals surface area (Å²) in [4.78, 5) is 2.17.